The molecule has 0 radical (unpaired) electrons. The zero-order valence-electron chi connectivity index (χ0n) is 17.1. The third-order valence-electron chi connectivity index (χ3n) is 4.18. The Bertz CT molecular complexity index is 643. The molecular weight excluding hydrogens is 418 g/mol. The molecule has 0 aromatic carbocycles. The second kappa shape index (κ2) is 14.2. The number of rotatable bonds is 15. The Balaban J connectivity index is 5.10. The van der Waals surface area contributed by atoms with Crippen LogP contribution in [-0.2, 0) is 24.0 Å². The van der Waals surface area contributed by atoms with Gasteiger partial charge in [0, 0.05) is 0 Å². The van der Waals surface area contributed by atoms with Crippen LogP contribution in [0.4, 0.5) is 0 Å². The van der Waals surface area contributed by atoms with E-state index in [1.165, 1.54) is 0 Å². The van der Waals surface area contributed by atoms with E-state index in [1.54, 1.807) is 0 Å². The second-order valence-corrected chi connectivity index (χ2v) is 6.86. The highest BCUT2D eigenvalue weighted by Crippen LogP contribution is 2.01. The lowest BCUT2D eigenvalue weighted by molar-refractivity contribution is -0.148. The summed E-state index contributed by atoms with van der Waals surface area (Å²) in [5.41, 5.74) is 11.1. The summed E-state index contributed by atoms with van der Waals surface area (Å²) in [6, 6.07) is -5.96. The van der Waals surface area contributed by atoms with Gasteiger partial charge in [-0.15, -0.1) is 0 Å². The van der Waals surface area contributed by atoms with E-state index in [0.717, 1.165) is 6.92 Å². The molecule has 5 unspecified atom stereocenters. The molecule has 0 aliphatic rings. The van der Waals surface area contributed by atoms with Crippen LogP contribution in [0.15, 0.2) is 0 Å². The van der Waals surface area contributed by atoms with Crippen molar-refractivity contribution in [3.8, 4) is 0 Å². The molecule has 0 aromatic heterocycles. The van der Waals surface area contributed by atoms with Gasteiger partial charge in [0.25, 0.3) is 0 Å². The lowest BCUT2D eigenvalue weighted by Crippen LogP contribution is -2.60. The van der Waals surface area contributed by atoms with Crippen molar-refractivity contribution >= 4 is 29.7 Å². The van der Waals surface area contributed by atoms with Gasteiger partial charge in [-0.25, -0.2) is 4.79 Å². The number of carbonyl (C=O) groups is 5. The molecule has 0 aliphatic heterocycles. The minimum atomic E-state index is -1.80. The summed E-state index contributed by atoms with van der Waals surface area (Å²) in [6.07, 6.45) is -0.931. The second-order valence-electron chi connectivity index (χ2n) is 6.86. The molecule has 0 fully saturated rings. The van der Waals surface area contributed by atoms with Gasteiger partial charge in [0.2, 0.25) is 17.7 Å². The topological polar surface area (TPSA) is 254 Å². The molecule has 0 bridgehead atoms. The maximum absolute atomic E-state index is 12.4. The Labute approximate surface area is 178 Å². The average Bonchev–Trinajstić information content (AvgIpc) is 2.68. The van der Waals surface area contributed by atoms with Gasteiger partial charge in [0.15, 0.2) is 0 Å². The lowest BCUT2D eigenvalue weighted by atomic mass is 10.1. The smallest absolute Gasteiger partial charge is 0.326 e. The first-order valence-corrected chi connectivity index (χ1v) is 9.54. The fourth-order valence-corrected chi connectivity index (χ4v) is 2.41. The van der Waals surface area contributed by atoms with Gasteiger partial charge in [-0.2, -0.15) is 0 Å². The van der Waals surface area contributed by atoms with Crippen molar-refractivity contribution in [3.05, 3.63) is 0 Å². The zero-order valence-corrected chi connectivity index (χ0v) is 17.1. The number of amides is 3. The predicted molar refractivity (Wildman–Crippen MR) is 105 cm³/mol. The number of nitrogens with one attached hydrogen (secondary N) is 3. The van der Waals surface area contributed by atoms with Gasteiger partial charge in [0.1, 0.15) is 18.1 Å². The van der Waals surface area contributed by atoms with Crippen LogP contribution < -0.4 is 27.4 Å². The van der Waals surface area contributed by atoms with Crippen LogP contribution >= 0.6 is 0 Å². The summed E-state index contributed by atoms with van der Waals surface area (Å²) >= 11 is 0. The number of aliphatic carboxylic acids is 2. The van der Waals surface area contributed by atoms with E-state index in [-0.39, 0.29) is 0 Å². The van der Waals surface area contributed by atoms with Gasteiger partial charge < -0.3 is 47.8 Å². The average molecular weight is 449 g/mol. The van der Waals surface area contributed by atoms with Crippen LogP contribution in [0.2, 0.25) is 0 Å². The quantitative estimate of drug-likeness (QED) is 0.108. The van der Waals surface area contributed by atoms with Crippen molar-refractivity contribution in [2.24, 2.45) is 11.5 Å². The van der Waals surface area contributed by atoms with Gasteiger partial charge in [-0.3, -0.25) is 19.2 Å². The predicted octanol–water partition coefficient (Wildman–Crippen LogP) is -4.17. The summed E-state index contributed by atoms with van der Waals surface area (Å²) in [6.45, 7) is 0.698. The monoisotopic (exact) mass is 449 g/mol. The third-order valence-corrected chi connectivity index (χ3v) is 4.18. The Morgan fingerprint density at radius 2 is 1.48 bits per heavy atom. The van der Waals surface area contributed by atoms with E-state index >= 15 is 0 Å². The van der Waals surface area contributed by atoms with E-state index in [1.807, 2.05) is 5.32 Å². The van der Waals surface area contributed by atoms with Crippen LogP contribution in [0.3, 0.4) is 0 Å². The third kappa shape index (κ3) is 10.7. The Kier molecular flexibility index (Phi) is 12.9. The number of aliphatic hydroxyl groups excluding tert-OH is 2. The summed E-state index contributed by atoms with van der Waals surface area (Å²) < 4.78 is 0. The molecule has 0 heterocycles. The SMILES string of the molecule is CC(O)C(NC(=O)C(CO)NC(=O)C(N)CCCCN)C(=O)NC(CC(=O)O)C(=O)O. The summed E-state index contributed by atoms with van der Waals surface area (Å²) in [4.78, 5) is 58.5. The van der Waals surface area contributed by atoms with Crippen LogP contribution in [0.1, 0.15) is 32.6 Å². The van der Waals surface area contributed by atoms with E-state index < -0.39 is 73.0 Å². The minimum Gasteiger partial charge on any atom is -0.481 e. The van der Waals surface area contributed by atoms with Gasteiger partial charge in [-0.1, -0.05) is 6.42 Å². The fraction of sp³-hybridized carbons (Fsp3) is 0.706. The van der Waals surface area contributed by atoms with Crippen LogP contribution in [0, 0.1) is 0 Å². The highest BCUT2D eigenvalue weighted by Gasteiger charge is 2.33. The van der Waals surface area contributed by atoms with E-state index in [2.05, 4.69) is 10.6 Å². The van der Waals surface area contributed by atoms with Crippen molar-refractivity contribution in [2.75, 3.05) is 13.2 Å². The molecule has 14 nitrogen and oxygen atoms in total. The van der Waals surface area contributed by atoms with E-state index in [4.69, 9.17) is 21.7 Å². The summed E-state index contributed by atoms with van der Waals surface area (Å²) in [5.74, 6) is -6.06. The van der Waals surface area contributed by atoms with Crippen LogP contribution in [0.5, 0.6) is 0 Å². The Morgan fingerprint density at radius 3 is 1.94 bits per heavy atom. The van der Waals surface area contributed by atoms with Gasteiger partial charge in [-0.05, 0) is 26.3 Å². The molecule has 0 aliphatic carbocycles. The Hall–Kier alpha value is -2.81. The number of unbranched alkanes of at least 4 members (excludes halogenated alkanes) is 1. The molecule has 0 saturated heterocycles. The molecule has 5 atom stereocenters. The molecule has 178 valence electrons. The highest BCUT2D eigenvalue weighted by atomic mass is 16.4. The van der Waals surface area contributed by atoms with Crippen molar-refractivity contribution in [1.29, 1.82) is 0 Å². The molecule has 0 saturated carbocycles. The highest BCUT2D eigenvalue weighted by molar-refractivity contribution is 5.94. The molecule has 14 heteroatoms. The van der Waals surface area contributed by atoms with Crippen molar-refractivity contribution in [1.82, 2.24) is 16.0 Å². The number of hydrogen-bond acceptors (Lipinski definition) is 9. The molecular formula is C17H31N5O9. The fourth-order valence-electron chi connectivity index (χ4n) is 2.41. The first kappa shape index (κ1) is 28.2. The zero-order chi connectivity index (χ0) is 24.1. The maximum atomic E-state index is 12.4. The molecule has 0 spiro atoms. The van der Waals surface area contributed by atoms with Gasteiger partial charge >= 0.3 is 11.9 Å². The van der Waals surface area contributed by atoms with Crippen LogP contribution in [0.25, 0.3) is 0 Å². The summed E-state index contributed by atoms with van der Waals surface area (Å²) in [5, 5.41) is 43.1. The molecule has 0 rings (SSSR count). The first-order chi connectivity index (χ1) is 14.4. The number of carboxylic acid groups (broad SMARTS) is 2. The summed E-state index contributed by atoms with van der Waals surface area (Å²) in [7, 11) is 0. The maximum Gasteiger partial charge on any atom is 0.326 e. The standard InChI is InChI=1S/C17H31N5O9/c1-8(24)13(16(29)20-10(17(30)31)6-12(25)26)22-15(28)11(7-23)21-14(27)9(19)4-2-3-5-18/h8-11,13,23-24H,2-7,18-19H2,1H3,(H,20,29)(H,21,27)(H,22,28)(H,25,26)(H,30,31). The lowest BCUT2D eigenvalue weighted by Gasteiger charge is -2.25. The molecule has 11 N–H and O–H groups in total. The normalized spacial score (nSPS) is 15.6. The Morgan fingerprint density at radius 1 is 0.903 bits per heavy atom. The number of hydrogen-bond donors (Lipinski definition) is 9. The number of nitrogens with two attached hydrogens (primary N) is 2. The number of carbonyl (C=O) groups excluding carboxylic acids is 3. The molecule has 31 heavy (non-hydrogen) atoms. The molecule has 3 amide bonds. The van der Waals surface area contributed by atoms with E-state index in [0.29, 0.717) is 25.8 Å². The first-order valence-electron chi connectivity index (χ1n) is 9.54. The van der Waals surface area contributed by atoms with Crippen LogP contribution in [-0.4, -0.2) is 93.5 Å². The molecule has 0 aromatic rings. The van der Waals surface area contributed by atoms with Gasteiger partial charge in [0.05, 0.1) is 25.2 Å². The number of aliphatic hydroxyl groups is 2. The van der Waals surface area contributed by atoms with Crippen molar-refractivity contribution < 1.29 is 44.4 Å². The van der Waals surface area contributed by atoms with Crippen molar-refractivity contribution in [3.63, 3.8) is 0 Å². The van der Waals surface area contributed by atoms with Crippen molar-refractivity contribution in [2.45, 2.75) is 62.9 Å². The minimum absolute atomic E-state index is 0.293. The largest absolute Gasteiger partial charge is 0.481 e. The van der Waals surface area contributed by atoms with E-state index in [9.17, 15) is 34.2 Å². The number of carboxylic acids is 2.